The van der Waals surface area contributed by atoms with E-state index in [9.17, 15) is 0 Å². The van der Waals surface area contributed by atoms with Gasteiger partial charge in [-0.05, 0) is 58.7 Å². The van der Waals surface area contributed by atoms with E-state index in [2.05, 4.69) is 114 Å². The number of rotatable bonds is 2. The lowest BCUT2D eigenvalue weighted by atomic mass is 10.0. The topological polar surface area (TPSA) is 9.72 Å². The molecule has 3 nitrogen and oxygen atoms in total. The molecule has 4 aromatic rings. The van der Waals surface area contributed by atoms with Gasteiger partial charge in [0.1, 0.15) is 6.67 Å². The van der Waals surface area contributed by atoms with Gasteiger partial charge in [0.15, 0.2) is 0 Å². The Morgan fingerprint density at radius 3 is 2.03 bits per heavy atom. The minimum atomic E-state index is 0.545. The van der Waals surface area contributed by atoms with Crippen molar-refractivity contribution in [2.45, 2.75) is 19.8 Å². The Bertz CT molecular complexity index is 1270. The molecule has 4 aromatic carbocycles. The van der Waals surface area contributed by atoms with Gasteiger partial charge < -0.3 is 14.7 Å². The van der Waals surface area contributed by atoms with Crippen LogP contribution in [0.4, 0.5) is 34.1 Å². The monoisotopic (exact) mass is 391 g/mol. The lowest BCUT2D eigenvalue weighted by molar-refractivity contribution is 0.866. The molecule has 148 valence electrons. The van der Waals surface area contributed by atoms with Crippen LogP contribution in [0.3, 0.4) is 0 Å². The molecule has 0 aromatic heterocycles. The van der Waals surface area contributed by atoms with Gasteiger partial charge in [-0.25, -0.2) is 0 Å². The first-order chi connectivity index (χ1) is 14.6. The molecule has 3 heteroatoms. The smallest absolute Gasteiger partial charge is 0.100 e. The third-order valence-corrected chi connectivity index (χ3v) is 6.56. The second-order valence-electron chi connectivity index (χ2n) is 8.64. The van der Waals surface area contributed by atoms with E-state index in [1.165, 1.54) is 50.5 Å². The first-order valence-corrected chi connectivity index (χ1v) is 10.7. The fourth-order valence-electron chi connectivity index (χ4n) is 4.86. The van der Waals surface area contributed by atoms with Gasteiger partial charge in [0.2, 0.25) is 0 Å². The van der Waals surface area contributed by atoms with Crippen LogP contribution in [0.5, 0.6) is 0 Å². The van der Waals surface area contributed by atoms with Gasteiger partial charge in [-0.2, -0.15) is 0 Å². The molecule has 0 bridgehead atoms. The van der Waals surface area contributed by atoms with Crippen molar-refractivity contribution in [2.75, 3.05) is 28.4 Å². The number of hydrogen-bond acceptors (Lipinski definition) is 3. The van der Waals surface area contributed by atoms with Crippen molar-refractivity contribution in [3.05, 3.63) is 84.4 Å². The highest BCUT2D eigenvalue weighted by Crippen LogP contribution is 2.56. The lowest BCUT2D eigenvalue weighted by Gasteiger charge is -2.35. The summed E-state index contributed by atoms with van der Waals surface area (Å²) in [6.07, 6.45) is 0. The van der Waals surface area contributed by atoms with Crippen molar-refractivity contribution in [2.24, 2.45) is 0 Å². The van der Waals surface area contributed by atoms with Crippen LogP contribution < -0.4 is 14.7 Å². The van der Waals surface area contributed by atoms with Crippen LogP contribution in [0, 0.1) is 0 Å². The Hall–Kier alpha value is -3.46. The highest BCUT2D eigenvalue weighted by Gasteiger charge is 2.36. The van der Waals surface area contributed by atoms with Crippen molar-refractivity contribution in [3.8, 4) is 0 Å². The van der Waals surface area contributed by atoms with E-state index in [4.69, 9.17) is 0 Å². The number of fused-ring (bicyclic) bond motifs is 3. The summed E-state index contributed by atoms with van der Waals surface area (Å²) >= 11 is 0. The molecular formula is C27H25N3. The zero-order valence-electron chi connectivity index (χ0n) is 17.6. The summed E-state index contributed by atoms with van der Waals surface area (Å²) in [7, 11) is 2.18. The molecule has 0 radical (unpaired) electrons. The normalized spacial score (nSPS) is 14.5. The predicted octanol–water partition coefficient (Wildman–Crippen LogP) is 7.29. The highest BCUT2D eigenvalue weighted by atomic mass is 15.4. The summed E-state index contributed by atoms with van der Waals surface area (Å²) in [5.41, 5.74) is 8.99. The van der Waals surface area contributed by atoms with Gasteiger partial charge >= 0.3 is 0 Å². The average Bonchev–Trinajstić information content (AvgIpc) is 3.17. The molecule has 0 aliphatic carbocycles. The maximum absolute atomic E-state index is 2.47. The third-order valence-electron chi connectivity index (χ3n) is 6.56. The van der Waals surface area contributed by atoms with Gasteiger partial charge in [0.25, 0.3) is 0 Å². The zero-order chi connectivity index (χ0) is 20.4. The molecular weight excluding hydrogens is 366 g/mol. The highest BCUT2D eigenvalue weighted by molar-refractivity contribution is 6.06. The molecule has 0 amide bonds. The molecule has 2 heterocycles. The Morgan fingerprint density at radius 2 is 1.33 bits per heavy atom. The number of anilines is 6. The molecule has 0 saturated carbocycles. The quantitative estimate of drug-likeness (QED) is 0.355. The first kappa shape index (κ1) is 17.4. The van der Waals surface area contributed by atoms with Gasteiger partial charge in [-0.1, -0.05) is 56.3 Å². The molecule has 2 aliphatic rings. The molecule has 30 heavy (non-hydrogen) atoms. The Balaban J connectivity index is 1.52. The van der Waals surface area contributed by atoms with Crippen LogP contribution in [0.2, 0.25) is 0 Å². The summed E-state index contributed by atoms with van der Waals surface area (Å²) in [4.78, 5) is 7.24. The minimum Gasteiger partial charge on any atom is -0.341 e. The molecule has 0 fully saturated rings. The van der Waals surface area contributed by atoms with Crippen molar-refractivity contribution in [3.63, 3.8) is 0 Å². The Kier molecular flexibility index (Phi) is 3.64. The second-order valence-corrected chi connectivity index (χ2v) is 8.64. The van der Waals surface area contributed by atoms with Crippen LogP contribution in [-0.4, -0.2) is 13.7 Å². The zero-order valence-corrected chi connectivity index (χ0v) is 17.6. The molecule has 2 aliphatic heterocycles. The predicted molar refractivity (Wildman–Crippen MR) is 128 cm³/mol. The lowest BCUT2D eigenvalue weighted by Crippen LogP contribution is -2.28. The van der Waals surface area contributed by atoms with Crippen LogP contribution >= 0.6 is 0 Å². The van der Waals surface area contributed by atoms with Crippen LogP contribution in [0.1, 0.15) is 25.3 Å². The molecule has 0 unspecified atom stereocenters. The van der Waals surface area contributed by atoms with E-state index < -0.39 is 0 Å². The van der Waals surface area contributed by atoms with Crippen molar-refractivity contribution in [1.82, 2.24) is 0 Å². The minimum absolute atomic E-state index is 0.545. The molecule has 0 atom stereocenters. The first-order valence-electron chi connectivity index (χ1n) is 10.7. The van der Waals surface area contributed by atoms with E-state index in [-0.39, 0.29) is 0 Å². The maximum Gasteiger partial charge on any atom is 0.100 e. The summed E-state index contributed by atoms with van der Waals surface area (Å²) < 4.78 is 0. The third kappa shape index (κ3) is 2.38. The standard InChI is InChI=1S/C27H25N3/c1-18(2)19-11-13-22(14-12-19)29-17-30-26-16-21-8-5-4-7-20(21)15-25(26)28(3)23-9-6-10-24(29)27(23)30/h4-16,18H,17H2,1-3H3. The number of hydrogen-bond donors (Lipinski definition) is 0. The van der Waals surface area contributed by atoms with E-state index in [0.29, 0.717) is 5.92 Å². The fourth-order valence-corrected chi connectivity index (χ4v) is 4.86. The SMILES string of the molecule is CC(C)c1ccc(N2CN3c4cc5ccccc5cc4N(C)c4cccc2c43)cc1. The average molecular weight is 392 g/mol. The summed E-state index contributed by atoms with van der Waals surface area (Å²) in [5.74, 6) is 0.545. The van der Waals surface area contributed by atoms with E-state index in [1.54, 1.807) is 0 Å². The summed E-state index contributed by atoms with van der Waals surface area (Å²) in [5, 5.41) is 2.56. The summed E-state index contributed by atoms with van der Waals surface area (Å²) in [6.45, 7) is 5.31. The molecule has 6 rings (SSSR count). The Morgan fingerprint density at radius 1 is 0.667 bits per heavy atom. The van der Waals surface area contributed by atoms with E-state index in [1.807, 2.05) is 0 Å². The van der Waals surface area contributed by atoms with Crippen molar-refractivity contribution < 1.29 is 0 Å². The van der Waals surface area contributed by atoms with Crippen LogP contribution in [0.15, 0.2) is 78.9 Å². The fraction of sp³-hybridized carbons (Fsp3) is 0.185. The molecule has 0 saturated heterocycles. The van der Waals surface area contributed by atoms with Gasteiger partial charge in [0, 0.05) is 12.7 Å². The largest absolute Gasteiger partial charge is 0.341 e. The van der Waals surface area contributed by atoms with Gasteiger partial charge in [-0.3, -0.25) is 0 Å². The van der Waals surface area contributed by atoms with Crippen LogP contribution in [0.25, 0.3) is 10.8 Å². The second kappa shape index (κ2) is 6.27. The van der Waals surface area contributed by atoms with Gasteiger partial charge in [0.05, 0.1) is 28.4 Å². The van der Waals surface area contributed by atoms with E-state index in [0.717, 1.165) is 6.67 Å². The maximum atomic E-state index is 2.47. The van der Waals surface area contributed by atoms with Crippen LogP contribution in [-0.2, 0) is 0 Å². The molecule has 0 N–H and O–H groups in total. The number of benzene rings is 4. The summed E-state index contributed by atoms with van der Waals surface area (Å²) in [6, 6.07) is 29.0. The number of para-hydroxylation sites is 1. The Labute approximate surface area is 177 Å². The number of nitrogens with zero attached hydrogens (tertiary/aromatic N) is 3. The van der Waals surface area contributed by atoms with Crippen molar-refractivity contribution in [1.29, 1.82) is 0 Å². The molecule has 0 spiro atoms. The van der Waals surface area contributed by atoms with E-state index >= 15 is 0 Å². The van der Waals surface area contributed by atoms with Crippen molar-refractivity contribution >= 4 is 44.9 Å². The van der Waals surface area contributed by atoms with Gasteiger partial charge in [-0.15, -0.1) is 0 Å².